The Bertz CT molecular complexity index is 391. The third-order valence-corrected chi connectivity index (χ3v) is 4.49. The Morgan fingerprint density at radius 3 is 2.75 bits per heavy atom. The third kappa shape index (κ3) is 4.26. The molecule has 1 heterocycles. The zero-order chi connectivity index (χ0) is 14.4. The lowest BCUT2D eigenvalue weighted by Gasteiger charge is -2.25. The number of hydrogen-bond acceptors (Lipinski definition) is 2. The first-order valence-corrected chi connectivity index (χ1v) is 8.52. The van der Waals surface area contributed by atoms with Crippen LogP contribution < -0.4 is 5.32 Å². The van der Waals surface area contributed by atoms with E-state index in [0.29, 0.717) is 12.1 Å². The van der Waals surface area contributed by atoms with Gasteiger partial charge in [-0.1, -0.05) is 45.4 Å². The van der Waals surface area contributed by atoms with E-state index >= 15 is 0 Å². The molecule has 1 aromatic heterocycles. The molecule has 1 saturated carbocycles. The molecule has 114 valence electrons. The van der Waals surface area contributed by atoms with Crippen molar-refractivity contribution in [1.82, 2.24) is 9.55 Å². The van der Waals surface area contributed by atoms with Crippen LogP contribution in [0.2, 0.25) is 0 Å². The summed E-state index contributed by atoms with van der Waals surface area (Å²) in [7, 11) is 0. The van der Waals surface area contributed by atoms with Gasteiger partial charge >= 0.3 is 0 Å². The first-order valence-electron chi connectivity index (χ1n) is 8.52. The molecule has 1 aromatic rings. The van der Waals surface area contributed by atoms with Crippen molar-refractivity contribution >= 4 is 5.95 Å². The largest absolute Gasteiger partial charge is 0.353 e. The standard InChI is InChI=1S/C17H31N3/c1-4-5-7-10-15(3)20-13-14(2)18-17(20)19-16-11-8-6-9-12-16/h13,15-16H,4-12H2,1-3H3,(H,18,19). The molecule has 1 aliphatic rings. The number of nitrogens with one attached hydrogen (secondary N) is 1. The second-order valence-electron chi connectivity index (χ2n) is 6.44. The molecule has 20 heavy (non-hydrogen) atoms. The van der Waals surface area contributed by atoms with Gasteiger partial charge in [0, 0.05) is 18.3 Å². The normalized spacial score (nSPS) is 18.1. The highest BCUT2D eigenvalue weighted by Gasteiger charge is 2.17. The number of hydrogen-bond donors (Lipinski definition) is 1. The molecule has 0 amide bonds. The molecule has 0 aliphatic heterocycles. The van der Waals surface area contributed by atoms with Gasteiger partial charge in [0.1, 0.15) is 0 Å². The monoisotopic (exact) mass is 277 g/mol. The van der Waals surface area contributed by atoms with Gasteiger partial charge in [0.25, 0.3) is 0 Å². The lowest BCUT2D eigenvalue weighted by atomic mass is 9.96. The number of imidazole rings is 1. The van der Waals surface area contributed by atoms with E-state index in [1.807, 2.05) is 0 Å². The van der Waals surface area contributed by atoms with Gasteiger partial charge in [-0.3, -0.25) is 0 Å². The van der Waals surface area contributed by atoms with Gasteiger partial charge in [-0.2, -0.15) is 0 Å². The number of rotatable bonds is 7. The smallest absolute Gasteiger partial charge is 0.203 e. The number of nitrogens with zero attached hydrogens (tertiary/aromatic N) is 2. The highest BCUT2D eigenvalue weighted by atomic mass is 15.2. The Kier molecular flexibility index (Phi) is 5.93. The van der Waals surface area contributed by atoms with E-state index in [2.05, 4.69) is 36.9 Å². The van der Waals surface area contributed by atoms with Crippen LogP contribution in [0.5, 0.6) is 0 Å². The minimum atomic E-state index is 0.550. The summed E-state index contributed by atoms with van der Waals surface area (Å²) in [6.45, 7) is 6.69. The summed E-state index contributed by atoms with van der Waals surface area (Å²) in [6, 6.07) is 1.18. The van der Waals surface area contributed by atoms with E-state index in [-0.39, 0.29) is 0 Å². The topological polar surface area (TPSA) is 29.9 Å². The van der Waals surface area contributed by atoms with Crippen molar-refractivity contribution in [2.45, 2.75) is 90.6 Å². The Morgan fingerprint density at radius 1 is 1.30 bits per heavy atom. The predicted molar refractivity (Wildman–Crippen MR) is 86.3 cm³/mol. The molecule has 2 rings (SSSR count). The first-order chi connectivity index (χ1) is 9.70. The molecular formula is C17H31N3. The fourth-order valence-corrected chi connectivity index (χ4v) is 3.22. The number of unbranched alkanes of at least 4 members (excludes halogenated alkanes) is 2. The van der Waals surface area contributed by atoms with Crippen LogP contribution in [-0.2, 0) is 0 Å². The van der Waals surface area contributed by atoms with E-state index < -0.39 is 0 Å². The van der Waals surface area contributed by atoms with Gasteiger partial charge in [0.05, 0.1) is 5.69 Å². The lowest BCUT2D eigenvalue weighted by molar-refractivity contribution is 0.448. The van der Waals surface area contributed by atoms with Crippen LogP contribution in [0.4, 0.5) is 5.95 Å². The quantitative estimate of drug-likeness (QED) is 0.704. The molecule has 0 aromatic carbocycles. The predicted octanol–water partition coefficient (Wildman–Crippen LogP) is 5.08. The third-order valence-electron chi connectivity index (χ3n) is 4.49. The lowest BCUT2D eigenvalue weighted by Crippen LogP contribution is -2.24. The zero-order valence-electron chi connectivity index (χ0n) is 13.5. The molecule has 1 N–H and O–H groups in total. The maximum atomic E-state index is 4.71. The molecule has 1 fully saturated rings. The Hall–Kier alpha value is -0.990. The van der Waals surface area contributed by atoms with Crippen molar-refractivity contribution in [2.24, 2.45) is 0 Å². The summed E-state index contributed by atoms with van der Waals surface area (Å²) in [5, 5.41) is 3.69. The Labute approximate surface area is 124 Å². The molecular weight excluding hydrogens is 246 g/mol. The van der Waals surface area contributed by atoms with Crippen LogP contribution in [0.15, 0.2) is 6.20 Å². The second kappa shape index (κ2) is 7.70. The Balaban J connectivity index is 1.97. The van der Waals surface area contributed by atoms with Crippen LogP contribution >= 0.6 is 0 Å². The van der Waals surface area contributed by atoms with Gasteiger partial charge in [-0.25, -0.2) is 4.98 Å². The van der Waals surface area contributed by atoms with E-state index in [1.54, 1.807) is 0 Å². The van der Waals surface area contributed by atoms with E-state index in [1.165, 1.54) is 57.8 Å². The summed E-state index contributed by atoms with van der Waals surface area (Å²) in [6.07, 6.45) is 14.1. The molecule has 1 atom stereocenters. The summed E-state index contributed by atoms with van der Waals surface area (Å²) in [4.78, 5) is 4.71. The van der Waals surface area contributed by atoms with Crippen LogP contribution in [0.25, 0.3) is 0 Å². The highest BCUT2D eigenvalue weighted by Crippen LogP contribution is 2.25. The summed E-state index contributed by atoms with van der Waals surface area (Å²) in [5.41, 5.74) is 1.13. The molecule has 0 spiro atoms. The Morgan fingerprint density at radius 2 is 2.05 bits per heavy atom. The molecule has 1 aliphatic carbocycles. The van der Waals surface area contributed by atoms with E-state index in [0.717, 1.165) is 11.6 Å². The summed E-state index contributed by atoms with van der Waals surface area (Å²) in [5.74, 6) is 1.10. The van der Waals surface area contributed by atoms with Crippen LogP contribution in [0.1, 0.15) is 83.4 Å². The van der Waals surface area contributed by atoms with Crippen LogP contribution in [-0.4, -0.2) is 15.6 Å². The minimum absolute atomic E-state index is 0.550. The van der Waals surface area contributed by atoms with Gasteiger partial charge in [-0.15, -0.1) is 0 Å². The molecule has 3 heteroatoms. The maximum Gasteiger partial charge on any atom is 0.203 e. The van der Waals surface area contributed by atoms with Gasteiger partial charge in [0.15, 0.2) is 0 Å². The summed E-state index contributed by atoms with van der Waals surface area (Å²) < 4.78 is 2.36. The van der Waals surface area contributed by atoms with Crippen molar-refractivity contribution in [3.05, 3.63) is 11.9 Å². The van der Waals surface area contributed by atoms with Crippen LogP contribution in [0.3, 0.4) is 0 Å². The average Bonchev–Trinajstić information content (AvgIpc) is 2.81. The maximum absolute atomic E-state index is 4.71. The molecule has 1 unspecified atom stereocenters. The molecule has 3 nitrogen and oxygen atoms in total. The van der Waals surface area contributed by atoms with E-state index in [4.69, 9.17) is 4.98 Å². The second-order valence-corrected chi connectivity index (χ2v) is 6.44. The fourth-order valence-electron chi connectivity index (χ4n) is 3.22. The first kappa shape index (κ1) is 15.4. The van der Waals surface area contributed by atoms with Gasteiger partial charge in [0.2, 0.25) is 5.95 Å². The number of aromatic nitrogens is 2. The minimum Gasteiger partial charge on any atom is -0.353 e. The van der Waals surface area contributed by atoms with Crippen molar-refractivity contribution in [3.8, 4) is 0 Å². The van der Waals surface area contributed by atoms with Crippen molar-refractivity contribution in [2.75, 3.05) is 5.32 Å². The summed E-state index contributed by atoms with van der Waals surface area (Å²) >= 11 is 0. The molecule has 0 radical (unpaired) electrons. The zero-order valence-corrected chi connectivity index (χ0v) is 13.5. The van der Waals surface area contributed by atoms with Gasteiger partial charge < -0.3 is 9.88 Å². The van der Waals surface area contributed by atoms with Gasteiger partial charge in [-0.05, 0) is 33.1 Å². The molecule has 0 saturated heterocycles. The SMILES string of the molecule is CCCCCC(C)n1cc(C)nc1NC1CCCCC1. The number of anilines is 1. The van der Waals surface area contributed by atoms with Crippen molar-refractivity contribution in [3.63, 3.8) is 0 Å². The van der Waals surface area contributed by atoms with Crippen LogP contribution in [0, 0.1) is 6.92 Å². The van der Waals surface area contributed by atoms with Crippen molar-refractivity contribution in [1.29, 1.82) is 0 Å². The molecule has 0 bridgehead atoms. The average molecular weight is 277 g/mol. The highest BCUT2D eigenvalue weighted by molar-refractivity contribution is 5.31. The van der Waals surface area contributed by atoms with Crippen molar-refractivity contribution < 1.29 is 0 Å². The number of aryl methyl sites for hydroxylation is 1. The fraction of sp³-hybridized carbons (Fsp3) is 0.824. The van der Waals surface area contributed by atoms with E-state index in [9.17, 15) is 0 Å².